The largest absolute Gasteiger partial charge is 0.241 e. The number of hydrogen-bond acceptors (Lipinski definition) is 2. The maximum atomic E-state index is 12.8. The van der Waals surface area contributed by atoms with Crippen molar-refractivity contribution < 1.29 is 8.42 Å². The zero-order valence-corrected chi connectivity index (χ0v) is 15.4. The lowest BCUT2D eigenvalue weighted by molar-refractivity contribution is 0.357. The van der Waals surface area contributed by atoms with Crippen molar-refractivity contribution in [3.05, 3.63) is 27.8 Å². The van der Waals surface area contributed by atoms with Crippen LogP contribution in [0.4, 0.5) is 0 Å². The van der Waals surface area contributed by atoms with Crippen molar-refractivity contribution in [2.24, 2.45) is 5.92 Å². The quantitative estimate of drug-likeness (QED) is 0.907. The molecule has 1 aliphatic carbocycles. The van der Waals surface area contributed by atoms with E-state index in [1.165, 1.54) is 24.8 Å². The Bertz CT molecular complexity index is 627. The Kier molecular flexibility index (Phi) is 5.33. The zero-order chi connectivity index (χ0) is 16.5. The van der Waals surface area contributed by atoms with Gasteiger partial charge in [-0.1, -0.05) is 19.3 Å². The topological polar surface area (TPSA) is 46.2 Å². The minimum atomic E-state index is -3.43. The van der Waals surface area contributed by atoms with Gasteiger partial charge in [0.05, 0.1) is 4.90 Å². The molecule has 0 radical (unpaired) electrons. The van der Waals surface area contributed by atoms with Crippen LogP contribution in [0.15, 0.2) is 4.90 Å². The van der Waals surface area contributed by atoms with Crippen LogP contribution in [0, 0.1) is 40.5 Å². The van der Waals surface area contributed by atoms with Crippen LogP contribution < -0.4 is 4.72 Å². The molecule has 0 unspecified atom stereocenters. The van der Waals surface area contributed by atoms with Crippen molar-refractivity contribution in [3.63, 3.8) is 0 Å². The highest BCUT2D eigenvalue weighted by Crippen LogP contribution is 2.30. The summed E-state index contributed by atoms with van der Waals surface area (Å²) in [7, 11) is -3.43. The van der Waals surface area contributed by atoms with Crippen LogP contribution in [0.5, 0.6) is 0 Å². The van der Waals surface area contributed by atoms with E-state index in [1.54, 1.807) is 0 Å². The molecule has 0 amide bonds. The Morgan fingerprint density at radius 1 is 0.818 bits per heavy atom. The van der Waals surface area contributed by atoms with Crippen LogP contribution in [-0.2, 0) is 10.0 Å². The molecule has 0 bridgehead atoms. The highest BCUT2D eigenvalue weighted by molar-refractivity contribution is 7.89. The molecule has 2 rings (SSSR count). The standard InChI is InChI=1S/C18H29NO2S/c1-12-13(2)15(4)18(16(5)14(12)3)22(20,21)19-11-17-9-7-6-8-10-17/h17,19H,6-11H2,1-5H3. The van der Waals surface area contributed by atoms with Gasteiger partial charge in [0.2, 0.25) is 10.0 Å². The van der Waals surface area contributed by atoms with Gasteiger partial charge in [0.15, 0.2) is 0 Å². The second kappa shape index (κ2) is 6.71. The van der Waals surface area contributed by atoms with E-state index in [4.69, 9.17) is 0 Å². The molecule has 1 N–H and O–H groups in total. The van der Waals surface area contributed by atoms with Crippen LogP contribution in [0.3, 0.4) is 0 Å². The van der Waals surface area contributed by atoms with Gasteiger partial charge in [-0.3, -0.25) is 0 Å². The van der Waals surface area contributed by atoms with Gasteiger partial charge in [0, 0.05) is 6.54 Å². The van der Waals surface area contributed by atoms with E-state index in [9.17, 15) is 8.42 Å². The van der Waals surface area contributed by atoms with E-state index < -0.39 is 10.0 Å². The third-order valence-corrected chi connectivity index (χ3v) is 7.18. The van der Waals surface area contributed by atoms with Gasteiger partial charge in [-0.15, -0.1) is 0 Å². The number of rotatable bonds is 4. The molecule has 4 heteroatoms. The summed E-state index contributed by atoms with van der Waals surface area (Å²) in [6.45, 7) is 10.5. The predicted octanol–water partition coefficient (Wildman–Crippen LogP) is 4.09. The zero-order valence-electron chi connectivity index (χ0n) is 14.5. The van der Waals surface area contributed by atoms with Crippen molar-refractivity contribution in [2.45, 2.75) is 71.6 Å². The minimum absolute atomic E-state index is 0.490. The van der Waals surface area contributed by atoms with Gasteiger partial charge >= 0.3 is 0 Å². The molecule has 1 saturated carbocycles. The van der Waals surface area contributed by atoms with Crippen LogP contribution in [0.2, 0.25) is 0 Å². The van der Waals surface area contributed by atoms with E-state index in [-0.39, 0.29) is 0 Å². The first-order valence-electron chi connectivity index (χ1n) is 8.32. The van der Waals surface area contributed by atoms with E-state index in [0.717, 1.165) is 35.1 Å². The molecule has 1 aromatic carbocycles. The Hall–Kier alpha value is -0.870. The number of nitrogens with one attached hydrogen (secondary N) is 1. The van der Waals surface area contributed by atoms with Crippen LogP contribution in [0.25, 0.3) is 0 Å². The Labute approximate surface area is 135 Å². The summed E-state index contributed by atoms with van der Waals surface area (Å²) in [6.07, 6.45) is 6.04. The predicted molar refractivity (Wildman–Crippen MR) is 91.9 cm³/mol. The lowest BCUT2D eigenvalue weighted by atomic mass is 9.90. The third-order valence-electron chi connectivity index (χ3n) is 5.49. The summed E-state index contributed by atoms with van der Waals surface area (Å²) < 4.78 is 28.5. The van der Waals surface area contributed by atoms with Gasteiger partial charge in [0.25, 0.3) is 0 Å². The Morgan fingerprint density at radius 2 is 1.27 bits per heavy atom. The van der Waals surface area contributed by atoms with Crippen molar-refractivity contribution in [1.82, 2.24) is 4.72 Å². The molecular formula is C18H29NO2S. The lowest BCUT2D eigenvalue weighted by Gasteiger charge is -2.23. The summed E-state index contributed by atoms with van der Waals surface area (Å²) in [5, 5.41) is 0. The smallest absolute Gasteiger partial charge is 0.211 e. The van der Waals surface area contributed by atoms with Crippen molar-refractivity contribution in [2.75, 3.05) is 6.54 Å². The summed E-state index contributed by atoms with van der Waals surface area (Å²) >= 11 is 0. The fraction of sp³-hybridized carbons (Fsp3) is 0.667. The first-order valence-corrected chi connectivity index (χ1v) is 9.80. The summed E-state index contributed by atoms with van der Waals surface area (Å²) in [4.78, 5) is 0.490. The van der Waals surface area contributed by atoms with Gasteiger partial charge in [-0.25, -0.2) is 13.1 Å². The maximum absolute atomic E-state index is 12.8. The summed E-state index contributed by atoms with van der Waals surface area (Å²) in [6, 6.07) is 0. The molecule has 0 spiro atoms. The van der Waals surface area contributed by atoms with Gasteiger partial charge < -0.3 is 0 Å². The highest BCUT2D eigenvalue weighted by atomic mass is 32.2. The van der Waals surface area contributed by atoms with Crippen LogP contribution in [-0.4, -0.2) is 15.0 Å². The number of hydrogen-bond donors (Lipinski definition) is 1. The van der Waals surface area contributed by atoms with Gasteiger partial charge in [-0.2, -0.15) is 0 Å². The molecule has 0 aromatic heterocycles. The van der Waals surface area contributed by atoms with E-state index in [2.05, 4.69) is 11.6 Å². The minimum Gasteiger partial charge on any atom is -0.211 e. The first kappa shape index (κ1) is 17.5. The third kappa shape index (κ3) is 3.38. The van der Waals surface area contributed by atoms with E-state index in [1.807, 2.05) is 27.7 Å². The molecular weight excluding hydrogens is 294 g/mol. The first-order chi connectivity index (χ1) is 10.3. The number of sulfonamides is 1. The lowest BCUT2D eigenvalue weighted by Crippen LogP contribution is -2.31. The molecule has 22 heavy (non-hydrogen) atoms. The van der Waals surface area contributed by atoms with Gasteiger partial charge in [-0.05, 0) is 81.2 Å². The SMILES string of the molecule is Cc1c(C)c(C)c(S(=O)(=O)NCC2CCCCC2)c(C)c1C. The van der Waals surface area contributed by atoms with E-state index in [0.29, 0.717) is 17.4 Å². The molecule has 3 nitrogen and oxygen atoms in total. The van der Waals surface area contributed by atoms with Crippen molar-refractivity contribution >= 4 is 10.0 Å². The highest BCUT2D eigenvalue weighted by Gasteiger charge is 2.24. The molecule has 0 aliphatic heterocycles. The number of benzene rings is 1. The maximum Gasteiger partial charge on any atom is 0.241 e. The second-order valence-electron chi connectivity index (χ2n) is 6.81. The molecule has 0 atom stereocenters. The van der Waals surface area contributed by atoms with Crippen molar-refractivity contribution in [1.29, 1.82) is 0 Å². The van der Waals surface area contributed by atoms with Crippen LogP contribution in [0.1, 0.15) is 59.9 Å². The fourth-order valence-corrected chi connectivity index (χ4v) is 5.27. The van der Waals surface area contributed by atoms with E-state index >= 15 is 0 Å². The fourth-order valence-electron chi connectivity index (χ4n) is 3.56. The molecule has 1 fully saturated rings. The molecule has 1 aromatic rings. The molecule has 0 saturated heterocycles. The molecule has 0 heterocycles. The summed E-state index contributed by atoms with van der Waals surface area (Å²) in [5.74, 6) is 0.497. The average molecular weight is 324 g/mol. The molecule has 1 aliphatic rings. The second-order valence-corrected chi connectivity index (χ2v) is 8.51. The molecule has 124 valence electrons. The summed E-state index contributed by atoms with van der Waals surface area (Å²) in [5.41, 5.74) is 5.14. The normalized spacial score (nSPS) is 17.0. The average Bonchev–Trinajstić information content (AvgIpc) is 2.50. The van der Waals surface area contributed by atoms with Crippen LogP contribution >= 0.6 is 0 Å². The Morgan fingerprint density at radius 3 is 1.77 bits per heavy atom. The monoisotopic (exact) mass is 323 g/mol. The van der Waals surface area contributed by atoms with Gasteiger partial charge in [0.1, 0.15) is 0 Å². The Balaban J connectivity index is 2.29. The van der Waals surface area contributed by atoms with Crippen molar-refractivity contribution in [3.8, 4) is 0 Å².